The van der Waals surface area contributed by atoms with Crippen molar-refractivity contribution in [3.8, 4) is 28.8 Å². The summed E-state index contributed by atoms with van der Waals surface area (Å²) in [7, 11) is 3.17. The molecule has 0 atom stereocenters. The van der Waals surface area contributed by atoms with Gasteiger partial charge in [0.15, 0.2) is 0 Å². The highest BCUT2D eigenvalue weighted by Crippen LogP contribution is 2.33. The minimum absolute atomic E-state index is 0.452. The first-order valence-electron chi connectivity index (χ1n) is 7.46. The Morgan fingerprint density at radius 1 is 1.12 bits per heavy atom. The largest absolute Gasteiger partial charge is 0.496 e. The Kier molecular flexibility index (Phi) is 5.07. The number of hydrogen-bond donors (Lipinski definition) is 0. The van der Waals surface area contributed by atoms with E-state index in [-0.39, 0.29) is 0 Å². The van der Waals surface area contributed by atoms with Crippen molar-refractivity contribution < 1.29 is 9.47 Å². The number of thiazole rings is 1. The molecule has 2 heterocycles. The number of methoxy groups -OCH3 is 2. The predicted octanol–water partition coefficient (Wildman–Crippen LogP) is 4.29. The Bertz CT molecular complexity index is 921. The van der Waals surface area contributed by atoms with Crippen LogP contribution in [-0.4, -0.2) is 24.2 Å². The molecule has 0 spiro atoms. The van der Waals surface area contributed by atoms with Crippen molar-refractivity contribution in [2.24, 2.45) is 0 Å². The molecule has 0 unspecified atom stereocenters. The van der Waals surface area contributed by atoms with Crippen LogP contribution in [0.15, 0.2) is 48.1 Å². The molecule has 3 rings (SSSR count). The van der Waals surface area contributed by atoms with Crippen molar-refractivity contribution in [2.75, 3.05) is 14.2 Å². The van der Waals surface area contributed by atoms with Gasteiger partial charge in [-0.1, -0.05) is 6.07 Å². The second-order valence-electron chi connectivity index (χ2n) is 5.02. The summed E-state index contributed by atoms with van der Waals surface area (Å²) >= 11 is 1.42. The molecule has 6 heteroatoms. The summed E-state index contributed by atoms with van der Waals surface area (Å²) < 4.78 is 10.8. The van der Waals surface area contributed by atoms with Crippen LogP contribution in [0.25, 0.3) is 22.9 Å². The van der Waals surface area contributed by atoms with E-state index < -0.39 is 0 Å². The lowest BCUT2D eigenvalue weighted by molar-refractivity contribution is 0.392. The highest BCUT2D eigenvalue weighted by molar-refractivity contribution is 7.11. The van der Waals surface area contributed by atoms with E-state index in [9.17, 15) is 5.26 Å². The van der Waals surface area contributed by atoms with E-state index in [1.165, 1.54) is 11.3 Å². The van der Waals surface area contributed by atoms with Gasteiger partial charge in [0.2, 0.25) is 0 Å². The first-order chi connectivity index (χ1) is 12.3. The zero-order valence-electron chi connectivity index (χ0n) is 13.8. The SMILES string of the molecule is COc1cccc(OC)c1C=C(C#N)c1nc(-c2ccncc2)cs1. The Balaban J connectivity index is 2.04. The lowest BCUT2D eigenvalue weighted by Crippen LogP contribution is -1.93. The van der Waals surface area contributed by atoms with Crippen LogP contribution in [0.2, 0.25) is 0 Å². The summed E-state index contributed by atoms with van der Waals surface area (Å²) in [5.74, 6) is 1.27. The van der Waals surface area contributed by atoms with Crippen LogP contribution in [-0.2, 0) is 0 Å². The number of nitriles is 1. The second kappa shape index (κ2) is 7.60. The van der Waals surface area contributed by atoms with Crippen molar-refractivity contribution in [1.82, 2.24) is 9.97 Å². The van der Waals surface area contributed by atoms with Gasteiger partial charge in [-0.3, -0.25) is 4.98 Å². The Labute approximate surface area is 149 Å². The third-order valence-corrected chi connectivity index (χ3v) is 4.46. The number of hydrogen-bond acceptors (Lipinski definition) is 6. The molecule has 2 aromatic heterocycles. The number of nitrogens with zero attached hydrogens (tertiary/aromatic N) is 3. The summed E-state index contributed by atoms with van der Waals surface area (Å²) in [6.45, 7) is 0. The standard InChI is InChI=1S/C19H15N3O2S/c1-23-17-4-3-5-18(24-2)15(17)10-14(11-20)19-22-16(12-25-19)13-6-8-21-9-7-13/h3-10,12H,1-2H3. The van der Waals surface area contributed by atoms with Crippen molar-refractivity contribution >= 4 is 23.0 Å². The van der Waals surface area contributed by atoms with Crippen LogP contribution in [0.3, 0.4) is 0 Å². The molecule has 0 N–H and O–H groups in total. The smallest absolute Gasteiger partial charge is 0.134 e. The zero-order valence-corrected chi connectivity index (χ0v) is 14.6. The van der Waals surface area contributed by atoms with E-state index in [1.807, 2.05) is 35.7 Å². The van der Waals surface area contributed by atoms with Gasteiger partial charge in [-0.2, -0.15) is 5.26 Å². The molecular weight excluding hydrogens is 334 g/mol. The minimum atomic E-state index is 0.452. The number of benzene rings is 1. The Hall–Kier alpha value is -3.17. The van der Waals surface area contributed by atoms with Crippen molar-refractivity contribution in [3.63, 3.8) is 0 Å². The number of allylic oxidation sites excluding steroid dienone is 1. The first-order valence-corrected chi connectivity index (χ1v) is 8.34. The minimum Gasteiger partial charge on any atom is -0.496 e. The molecule has 0 aliphatic rings. The van der Waals surface area contributed by atoms with Gasteiger partial charge in [-0.05, 0) is 30.3 Å². The number of ether oxygens (including phenoxy) is 2. The van der Waals surface area contributed by atoms with Crippen LogP contribution in [0, 0.1) is 11.3 Å². The van der Waals surface area contributed by atoms with Crippen LogP contribution in [0.1, 0.15) is 10.6 Å². The van der Waals surface area contributed by atoms with E-state index in [1.54, 1.807) is 32.7 Å². The number of pyridine rings is 1. The van der Waals surface area contributed by atoms with Crippen LogP contribution in [0.5, 0.6) is 11.5 Å². The van der Waals surface area contributed by atoms with E-state index in [2.05, 4.69) is 16.0 Å². The van der Waals surface area contributed by atoms with Gasteiger partial charge in [0, 0.05) is 23.3 Å². The molecule has 5 nitrogen and oxygen atoms in total. The Morgan fingerprint density at radius 2 is 1.80 bits per heavy atom. The number of aromatic nitrogens is 2. The lowest BCUT2D eigenvalue weighted by atomic mass is 10.1. The topological polar surface area (TPSA) is 68.0 Å². The van der Waals surface area contributed by atoms with Crippen molar-refractivity contribution in [2.45, 2.75) is 0 Å². The molecule has 1 aromatic carbocycles. The zero-order chi connectivity index (χ0) is 17.6. The normalized spacial score (nSPS) is 11.0. The average molecular weight is 349 g/mol. The van der Waals surface area contributed by atoms with Gasteiger partial charge in [-0.15, -0.1) is 11.3 Å². The molecule has 124 valence electrons. The van der Waals surface area contributed by atoms with Gasteiger partial charge >= 0.3 is 0 Å². The maximum atomic E-state index is 9.60. The molecule has 0 fully saturated rings. The second-order valence-corrected chi connectivity index (χ2v) is 5.88. The summed E-state index contributed by atoms with van der Waals surface area (Å²) in [6.07, 6.45) is 5.18. The summed E-state index contributed by atoms with van der Waals surface area (Å²) in [6, 6.07) is 11.5. The number of rotatable bonds is 5. The molecular formula is C19H15N3O2S. The quantitative estimate of drug-likeness (QED) is 0.643. The first kappa shape index (κ1) is 16.7. The van der Waals surface area contributed by atoms with Gasteiger partial charge in [0.05, 0.1) is 31.1 Å². The Morgan fingerprint density at radius 3 is 2.40 bits per heavy atom. The summed E-state index contributed by atoms with van der Waals surface area (Å²) in [5, 5.41) is 12.2. The molecule has 0 aliphatic carbocycles. The van der Waals surface area contributed by atoms with Gasteiger partial charge in [-0.25, -0.2) is 4.98 Å². The van der Waals surface area contributed by atoms with Gasteiger partial charge in [0.1, 0.15) is 22.6 Å². The van der Waals surface area contributed by atoms with Crippen LogP contribution in [0.4, 0.5) is 0 Å². The lowest BCUT2D eigenvalue weighted by Gasteiger charge is -2.09. The molecule has 0 radical (unpaired) electrons. The van der Waals surface area contributed by atoms with E-state index >= 15 is 0 Å². The average Bonchev–Trinajstić information content (AvgIpc) is 3.16. The predicted molar refractivity (Wildman–Crippen MR) is 98.4 cm³/mol. The van der Waals surface area contributed by atoms with Gasteiger partial charge in [0.25, 0.3) is 0 Å². The third kappa shape index (κ3) is 3.52. The highest BCUT2D eigenvalue weighted by atomic mass is 32.1. The molecule has 0 bridgehead atoms. The molecule has 0 amide bonds. The van der Waals surface area contributed by atoms with Gasteiger partial charge < -0.3 is 9.47 Å². The fourth-order valence-corrected chi connectivity index (χ4v) is 3.16. The van der Waals surface area contributed by atoms with E-state index in [0.717, 1.165) is 11.3 Å². The third-order valence-electron chi connectivity index (χ3n) is 3.59. The molecule has 3 aromatic rings. The van der Waals surface area contributed by atoms with Crippen molar-refractivity contribution in [1.29, 1.82) is 5.26 Å². The maximum absolute atomic E-state index is 9.60. The monoisotopic (exact) mass is 349 g/mol. The van der Waals surface area contributed by atoms with E-state index in [0.29, 0.717) is 27.6 Å². The van der Waals surface area contributed by atoms with Crippen LogP contribution < -0.4 is 9.47 Å². The molecule has 0 saturated carbocycles. The maximum Gasteiger partial charge on any atom is 0.134 e. The van der Waals surface area contributed by atoms with E-state index in [4.69, 9.17) is 9.47 Å². The molecule has 0 aliphatic heterocycles. The van der Waals surface area contributed by atoms with Crippen molar-refractivity contribution in [3.05, 3.63) is 58.7 Å². The highest BCUT2D eigenvalue weighted by Gasteiger charge is 2.13. The fraction of sp³-hybridized carbons (Fsp3) is 0.105. The van der Waals surface area contributed by atoms with Crippen LogP contribution >= 0.6 is 11.3 Å². The summed E-state index contributed by atoms with van der Waals surface area (Å²) in [5.41, 5.74) is 2.94. The molecule has 25 heavy (non-hydrogen) atoms. The summed E-state index contributed by atoms with van der Waals surface area (Å²) in [4.78, 5) is 8.58. The molecule has 0 saturated heterocycles. The fourth-order valence-electron chi connectivity index (χ4n) is 2.36.